The van der Waals surface area contributed by atoms with Gasteiger partial charge in [0.05, 0.1) is 6.04 Å². The van der Waals surface area contributed by atoms with Crippen molar-refractivity contribution in [1.82, 2.24) is 10.6 Å². The number of hydrogen-bond donors (Lipinski definition) is 2. The Kier molecular flexibility index (Phi) is 5.84. The van der Waals surface area contributed by atoms with Crippen LogP contribution in [0.3, 0.4) is 0 Å². The van der Waals surface area contributed by atoms with E-state index in [1.54, 1.807) is 0 Å². The maximum absolute atomic E-state index is 11.9. The van der Waals surface area contributed by atoms with Crippen LogP contribution in [0.4, 0.5) is 4.79 Å². The first-order valence-corrected chi connectivity index (χ1v) is 7.84. The minimum atomic E-state index is -0.179. The van der Waals surface area contributed by atoms with Gasteiger partial charge < -0.3 is 10.6 Å². The molecule has 2 N–H and O–H groups in total. The zero-order valence-corrected chi connectivity index (χ0v) is 13.7. The molecule has 0 heterocycles. The van der Waals surface area contributed by atoms with Gasteiger partial charge in [-0.2, -0.15) is 0 Å². The van der Waals surface area contributed by atoms with Crippen LogP contribution in [0.25, 0.3) is 0 Å². The Morgan fingerprint density at radius 1 is 1.05 bits per heavy atom. The van der Waals surface area contributed by atoms with Crippen LogP contribution in [-0.2, 0) is 13.0 Å². The minimum absolute atomic E-state index is 0.0314. The molecule has 0 radical (unpaired) electrons. The predicted molar refractivity (Wildman–Crippen MR) is 91.1 cm³/mol. The van der Waals surface area contributed by atoms with Gasteiger partial charge in [-0.15, -0.1) is 0 Å². The lowest BCUT2D eigenvalue weighted by molar-refractivity contribution is 0.237. The second-order valence-electron chi connectivity index (χ2n) is 5.27. The van der Waals surface area contributed by atoms with Crippen molar-refractivity contribution in [2.75, 3.05) is 0 Å². The van der Waals surface area contributed by atoms with Gasteiger partial charge in [-0.25, -0.2) is 4.79 Å². The summed E-state index contributed by atoms with van der Waals surface area (Å²) in [4.78, 5) is 11.9. The number of halogens is 1. The van der Waals surface area contributed by atoms with Crippen LogP contribution in [0.15, 0.2) is 48.5 Å². The molecule has 0 aliphatic carbocycles. The number of hydrogen-bond acceptors (Lipinski definition) is 1. The van der Waals surface area contributed by atoms with Crippen LogP contribution in [0.1, 0.15) is 36.6 Å². The molecule has 4 heteroatoms. The van der Waals surface area contributed by atoms with E-state index in [-0.39, 0.29) is 12.1 Å². The van der Waals surface area contributed by atoms with Crippen LogP contribution in [0.2, 0.25) is 5.02 Å². The molecule has 116 valence electrons. The topological polar surface area (TPSA) is 41.1 Å². The molecule has 1 unspecified atom stereocenters. The molecule has 2 aromatic carbocycles. The molecule has 2 rings (SSSR count). The Morgan fingerprint density at radius 2 is 1.64 bits per heavy atom. The Hall–Kier alpha value is -2.00. The van der Waals surface area contributed by atoms with Gasteiger partial charge in [-0.1, -0.05) is 54.9 Å². The normalized spacial score (nSPS) is 11.8. The molecule has 0 saturated heterocycles. The molecule has 0 bridgehead atoms. The molecular formula is C18H21ClN2O. The predicted octanol–water partition coefficient (Wildman–Crippen LogP) is 4.46. The third kappa shape index (κ3) is 4.78. The van der Waals surface area contributed by atoms with Crippen molar-refractivity contribution in [3.8, 4) is 0 Å². The van der Waals surface area contributed by atoms with E-state index in [0.29, 0.717) is 11.6 Å². The standard InChI is InChI=1S/C18H21ClN2O/c1-3-14-4-8-16(9-5-14)13(2)21-18(22)20-12-15-6-10-17(19)11-7-15/h4-11,13H,3,12H2,1-2H3,(H2,20,21,22). The molecule has 0 aliphatic rings. The van der Waals surface area contributed by atoms with Crippen LogP contribution in [-0.4, -0.2) is 6.03 Å². The molecule has 0 fully saturated rings. The summed E-state index contributed by atoms with van der Waals surface area (Å²) in [6, 6.07) is 15.5. The summed E-state index contributed by atoms with van der Waals surface area (Å²) in [5.74, 6) is 0. The van der Waals surface area contributed by atoms with Gasteiger partial charge >= 0.3 is 6.03 Å². The van der Waals surface area contributed by atoms with Crippen molar-refractivity contribution in [3.05, 3.63) is 70.2 Å². The van der Waals surface area contributed by atoms with Gasteiger partial charge in [0.25, 0.3) is 0 Å². The minimum Gasteiger partial charge on any atom is -0.334 e. The first kappa shape index (κ1) is 16.4. The Labute approximate surface area is 136 Å². The monoisotopic (exact) mass is 316 g/mol. The second-order valence-corrected chi connectivity index (χ2v) is 5.71. The Morgan fingerprint density at radius 3 is 2.23 bits per heavy atom. The highest BCUT2D eigenvalue weighted by atomic mass is 35.5. The van der Waals surface area contributed by atoms with E-state index in [0.717, 1.165) is 17.5 Å². The maximum Gasteiger partial charge on any atom is 0.315 e. The summed E-state index contributed by atoms with van der Waals surface area (Å²) in [6.07, 6.45) is 1.02. The van der Waals surface area contributed by atoms with E-state index in [2.05, 4.69) is 41.8 Å². The first-order chi connectivity index (χ1) is 10.6. The zero-order chi connectivity index (χ0) is 15.9. The lowest BCUT2D eigenvalue weighted by Gasteiger charge is -2.15. The lowest BCUT2D eigenvalue weighted by atomic mass is 10.1. The van der Waals surface area contributed by atoms with Crippen molar-refractivity contribution < 1.29 is 4.79 Å². The van der Waals surface area contributed by atoms with Crippen LogP contribution in [0, 0.1) is 0 Å². The fourth-order valence-corrected chi connectivity index (χ4v) is 2.28. The van der Waals surface area contributed by atoms with Gasteiger partial charge in [0.1, 0.15) is 0 Å². The number of carbonyl (C=O) groups is 1. The van der Waals surface area contributed by atoms with Gasteiger partial charge in [0.15, 0.2) is 0 Å². The highest BCUT2D eigenvalue weighted by molar-refractivity contribution is 6.30. The van der Waals surface area contributed by atoms with Crippen molar-refractivity contribution in [2.24, 2.45) is 0 Å². The average molecular weight is 317 g/mol. The van der Waals surface area contributed by atoms with Crippen molar-refractivity contribution >= 4 is 17.6 Å². The van der Waals surface area contributed by atoms with Crippen molar-refractivity contribution in [3.63, 3.8) is 0 Å². The molecule has 1 atom stereocenters. The summed E-state index contributed by atoms with van der Waals surface area (Å²) in [5.41, 5.74) is 3.40. The van der Waals surface area contributed by atoms with E-state index in [1.807, 2.05) is 31.2 Å². The van der Waals surface area contributed by atoms with E-state index in [4.69, 9.17) is 11.6 Å². The van der Waals surface area contributed by atoms with Gasteiger partial charge in [-0.05, 0) is 42.2 Å². The SMILES string of the molecule is CCc1ccc(C(C)NC(=O)NCc2ccc(Cl)cc2)cc1. The quantitative estimate of drug-likeness (QED) is 0.840. The summed E-state index contributed by atoms with van der Waals surface area (Å²) >= 11 is 5.83. The average Bonchev–Trinajstić information content (AvgIpc) is 2.54. The summed E-state index contributed by atoms with van der Waals surface area (Å²) in [5, 5.41) is 6.48. The summed E-state index contributed by atoms with van der Waals surface area (Å²) < 4.78 is 0. The third-order valence-corrected chi connectivity index (χ3v) is 3.85. The number of benzene rings is 2. The fourth-order valence-electron chi connectivity index (χ4n) is 2.16. The van der Waals surface area contributed by atoms with Crippen molar-refractivity contribution in [1.29, 1.82) is 0 Å². The van der Waals surface area contributed by atoms with E-state index >= 15 is 0 Å². The molecule has 2 aromatic rings. The van der Waals surface area contributed by atoms with Gasteiger partial charge in [0.2, 0.25) is 0 Å². The maximum atomic E-state index is 11.9. The van der Waals surface area contributed by atoms with E-state index < -0.39 is 0 Å². The molecule has 3 nitrogen and oxygen atoms in total. The smallest absolute Gasteiger partial charge is 0.315 e. The molecular weight excluding hydrogens is 296 g/mol. The number of urea groups is 1. The van der Waals surface area contributed by atoms with Crippen LogP contribution >= 0.6 is 11.6 Å². The summed E-state index contributed by atoms with van der Waals surface area (Å²) in [7, 11) is 0. The Bertz CT molecular complexity index is 608. The molecule has 2 amide bonds. The summed E-state index contributed by atoms with van der Waals surface area (Å²) in [6.45, 7) is 4.58. The molecule has 0 spiro atoms. The molecule has 0 aliphatic heterocycles. The number of amides is 2. The van der Waals surface area contributed by atoms with Crippen molar-refractivity contribution in [2.45, 2.75) is 32.9 Å². The number of aryl methyl sites for hydroxylation is 1. The molecule has 0 aromatic heterocycles. The lowest BCUT2D eigenvalue weighted by Crippen LogP contribution is -2.36. The number of rotatable bonds is 5. The second kappa shape index (κ2) is 7.85. The number of nitrogens with one attached hydrogen (secondary N) is 2. The fraction of sp³-hybridized carbons (Fsp3) is 0.278. The molecule has 0 saturated carbocycles. The molecule has 22 heavy (non-hydrogen) atoms. The van der Waals surface area contributed by atoms with Gasteiger partial charge in [0, 0.05) is 11.6 Å². The zero-order valence-electron chi connectivity index (χ0n) is 12.9. The highest BCUT2D eigenvalue weighted by Gasteiger charge is 2.09. The van der Waals surface area contributed by atoms with E-state index in [9.17, 15) is 4.79 Å². The highest BCUT2D eigenvalue weighted by Crippen LogP contribution is 2.14. The number of carbonyl (C=O) groups excluding carboxylic acids is 1. The largest absolute Gasteiger partial charge is 0.334 e. The van der Waals surface area contributed by atoms with Crippen LogP contribution in [0.5, 0.6) is 0 Å². The van der Waals surface area contributed by atoms with Gasteiger partial charge in [-0.3, -0.25) is 0 Å². The third-order valence-electron chi connectivity index (χ3n) is 3.60. The first-order valence-electron chi connectivity index (χ1n) is 7.46. The van der Waals surface area contributed by atoms with E-state index in [1.165, 1.54) is 5.56 Å². The Balaban J connectivity index is 1.83. The van der Waals surface area contributed by atoms with Crippen LogP contribution < -0.4 is 10.6 Å².